The lowest BCUT2D eigenvalue weighted by molar-refractivity contribution is 0.0892. The number of nitrogens with one attached hydrogen (secondary N) is 1. The molecule has 86 valence electrons. The van der Waals surface area contributed by atoms with Crippen molar-refractivity contribution in [3.63, 3.8) is 0 Å². The average molecular weight is 286 g/mol. The number of hydrogen-bond acceptors (Lipinski definition) is 1. The number of hydrogen-bond donors (Lipinski definition) is 1. The van der Waals surface area contributed by atoms with Crippen molar-refractivity contribution in [1.29, 1.82) is 0 Å². The molecule has 0 radical (unpaired) electrons. The summed E-state index contributed by atoms with van der Waals surface area (Å²) in [7, 11) is 0. The van der Waals surface area contributed by atoms with Crippen molar-refractivity contribution in [3.8, 4) is 0 Å². The van der Waals surface area contributed by atoms with Crippen molar-refractivity contribution in [2.24, 2.45) is 5.92 Å². The van der Waals surface area contributed by atoms with Gasteiger partial charge in [0, 0.05) is 10.5 Å². The zero-order chi connectivity index (χ0) is 11.7. The second kappa shape index (κ2) is 4.53. The smallest absolute Gasteiger partial charge is 0.254 e. The Morgan fingerprint density at radius 1 is 1.50 bits per heavy atom. The van der Waals surface area contributed by atoms with Crippen LogP contribution in [0.4, 0.5) is 4.39 Å². The monoisotopic (exact) mass is 285 g/mol. The molecule has 16 heavy (non-hydrogen) atoms. The van der Waals surface area contributed by atoms with Crippen LogP contribution in [0.2, 0.25) is 0 Å². The lowest BCUT2D eigenvalue weighted by Gasteiger charge is -2.33. The first-order valence-corrected chi connectivity index (χ1v) is 6.11. The fourth-order valence-corrected chi connectivity index (χ4v) is 2.29. The average Bonchev–Trinajstić information content (AvgIpc) is 2.15. The highest BCUT2D eigenvalue weighted by atomic mass is 79.9. The second-order valence-corrected chi connectivity index (χ2v) is 5.29. The van der Waals surface area contributed by atoms with Crippen molar-refractivity contribution in [2.45, 2.75) is 25.8 Å². The van der Waals surface area contributed by atoms with Crippen LogP contribution in [-0.2, 0) is 0 Å². The second-order valence-electron chi connectivity index (χ2n) is 4.37. The number of carbonyl (C=O) groups excluding carboxylic acids is 1. The molecule has 1 aliphatic rings. The molecule has 4 heteroatoms. The highest BCUT2D eigenvalue weighted by molar-refractivity contribution is 9.10. The summed E-state index contributed by atoms with van der Waals surface area (Å²) >= 11 is 3.16. The van der Waals surface area contributed by atoms with E-state index < -0.39 is 5.82 Å². The third-order valence-corrected chi connectivity index (χ3v) is 3.38. The van der Waals surface area contributed by atoms with Gasteiger partial charge >= 0.3 is 0 Å². The quantitative estimate of drug-likeness (QED) is 0.889. The van der Waals surface area contributed by atoms with Crippen LogP contribution in [-0.4, -0.2) is 11.9 Å². The van der Waals surface area contributed by atoms with Gasteiger partial charge in [0.15, 0.2) is 0 Å². The molecule has 0 unspecified atom stereocenters. The molecule has 0 spiro atoms. The summed E-state index contributed by atoms with van der Waals surface area (Å²) in [5.41, 5.74) is 0.114. The minimum Gasteiger partial charge on any atom is -0.349 e. The molecule has 1 aromatic rings. The van der Waals surface area contributed by atoms with Gasteiger partial charge < -0.3 is 5.32 Å². The van der Waals surface area contributed by atoms with E-state index in [1.54, 1.807) is 6.07 Å². The first-order chi connectivity index (χ1) is 7.56. The van der Waals surface area contributed by atoms with Crippen LogP contribution in [0, 0.1) is 11.7 Å². The number of amides is 1. The van der Waals surface area contributed by atoms with E-state index in [-0.39, 0.29) is 17.5 Å². The lowest BCUT2D eigenvalue weighted by atomic mass is 9.82. The van der Waals surface area contributed by atoms with Gasteiger partial charge in [-0.05, 0) is 37.0 Å². The molecule has 1 aliphatic carbocycles. The molecular formula is C12H13BrFNO. The van der Waals surface area contributed by atoms with E-state index in [1.165, 1.54) is 12.1 Å². The van der Waals surface area contributed by atoms with Gasteiger partial charge in [0.25, 0.3) is 5.91 Å². The first kappa shape index (κ1) is 11.6. The SMILES string of the molecule is CC1CC(NC(=O)c2ccc(Br)cc2F)C1. The van der Waals surface area contributed by atoms with Crippen LogP contribution < -0.4 is 5.32 Å². The number of rotatable bonds is 2. The standard InChI is InChI=1S/C12H13BrFNO/c1-7-4-9(5-7)15-12(16)10-3-2-8(13)6-11(10)14/h2-3,6-7,9H,4-5H2,1H3,(H,15,16). The van der Waals surface area contributed by atoms with E-state index in [0.717, 1.165) is 12.8 Å². The van der Waals surface area contributed by atoms with Gasteiger partial charge in [-0.2, -0.15) is 0 Å². The predicted molar refractivity (Wildman–Crippen MR) is 63.8 cm³/mol. The maximum atomic E-state index is 13.5. The normalized spacial score (nSPS) is 23.7. The molecule has 0 aliphatic heterocycles. The summed E-state index contributed by atoms with van der Waals surface area (Å²) in [5.74, 6) is -0.138. The van der Waals surface area contributed by atoms with E-state index in [0.29, 0.717) is 10.4 Å². The highest BCUT2D eigenvalue weighted by Crippen LogP contribution is 2.26. The van der Waals surface area contributed by atoms with E-state index in [4.69, 9.17) is 0 Å². The summed E-state index contributed by atoms with van der Waals surface area (Å²) in [4.78, 5) is 11.7. The molecule has 2 nitrogen and oxygen atoms in total. The Bertz CT molecular complexity index is 415. The van der Waals surface area contributed by atoms with Crippen LogP contribution in [0.3, 0.4) is 0 Å². The van der Waals surface area contributed by atoms with Gasteiger partial charge in [0.05, 0.1) is 5.56 Å². The van der Waals surface area contributed by atoms with Crippen LogP contribution in [0.25, 0.3) is 0 Å². The summed E-state index contributed by atoms with van der Waals surface area (Å²) < 4.78 is 14.1. The molecule has 1 saturated carbocycles. The van der Waals surface area contributed by atoms with Crippen LogP contribution in [0.15, 0.2) is 22.7 Å². The van der Waals surface area contributed by atoms with Gasteiger partial charge in [-0.15, -0.1) is 0 Å². The Morgan fingerprint density at radius 3 is 2.75 bits per heavy atom. The van der Waals surface area contributed by atoms with Gasteiger partial charge in [0.1, 0.15) is 5.82 Å². The zero-order valence-corrected chi connectivity index (χ0v) is 10.6. The van der Waals surface area contributed by atoms with Crippen molar-refractivity contribution < 1.29 is 9.18 Å². The minimum atomic E-state index is -0.487. The molecule has 1 fully saturated rings. The maximum absolute atomic E-state index is 13.5. The number of benzene rings is 1. The Morgan fingerprint density at radius 2 is 2.19 bits per heavy atom. The molecule has 2 rings (SSSR count). The highest BCUT2D eigenvalue weighted by Gasteiger charge is 2.27. The van der Waals surface area contributed by atoms with Gasteiger partial charge in [-0.3, -0.25) is 4.79 Å². The van der Waals surface area contributed by atoms with Crippen LogP contribution in [0.1, 0.15) is 30.1 Å². The molecule has 0 saturated heterocycles. The Labute approximate surface area is 102 Å². The molecule has 1 aromatic carbocycles. The van der Waals surface area contributed by atoms with Crippen LogP contribution >= 0.6 is 15.9 Å². The Kier molecular flexibility index (Phi) is 3.28. The topological polar surface area (TPSA) is 29.1 Å². The van der Waals surface area contributed by atoms with E-state index >= 15 is 0 Å². The third kappa shape index (κ3) is 2.43. The molecule has 0 atom stereocenters. The van der Waals surface area contributed by atoms with Crippen molar-refractivity contribution in [1.82, 2.24) is 5.32 Å². The van der Waals surface area contributed by atoms with Crippen molar-refractivity contribution in [3.05, 3.63) is 34.1 Å². The molecule has 1 N–H and O–H groups in total. The van der Waals surface area contributed by atoms with E-state index in [9.17, 15) is 9.18 Å². The fraction of sp³-hybridized carbons (Fsp3) is 0.417. The van der Waals surface area contributed by atoms with Crippen molar-refractivity contribution >= 4 is 21.8 Å². The van der Waals surface area contributed by atoms with Gasteiger partial charge in [0.2, 0.25) is 0 Å². The van der Waals surface area contributed by atoms with E-state index in [2.05, 4.69) is 28.2 Å². The third-order valence-electron chi connectivity index (χ3n) is 2.88. The van der Waals surface area contributed by atoms with Gasteiger partial charge in [-0.25, -0.2) is 4.39 Å². The summed E-state index contributed by atoms with van der Waals surface area (Å²) in [6.07, 6.45) is 1.98. The largest absolute Gasteiger partial charge is 0.349 e. The van der Waals surface area contributed by atoms with E-state index in [1.807, 2.05) is 0 Å². The molecule has 1 amide bonds. The summed E-state index contributed by atoms with van der Waals surface area (Å²) in [6, 6.07) is 4.68. The zero-order valence-electron chi connectivity index (χ0n) is 8.97. The summed E-state index contributed by atoms with van der Waals surface area (Å²) in [5, 5.41) is 2.83. The maximum Gasteiger partial charge on any atom is 0.254 e. The Hall–Kier alpha value is -0.900. The molecular weight excluding hydrogens is 273 g/mol. The summed E-state index contributed by atoms with van der Waals surface area (Å²) in [6.45, 7) is 2.14. The Balaban J connectivity index is 2.03. The number of halogens is 2. The molecule has 0 heterocycles. The molecule has 0 bridgehead atoms. The predicted octanol–water partition coefficient (Wildman–Crippen LogP) is 3.12. The fourth-order valence-electron chi connectivity index (χ4n) is 1.96. The molecule has 0 aromatic heterocycles. The van der Waals surface area contributed by atoms with Gasteiger partial charge in [-0.1, -0.05) is 22.9 Å². The first-order valence-electron chi connectivity index (χ1n) is 5.32. The minimum absolute atomic E-state index is 0.114. The van der Waals surface area contributed by atoms with Crippen LogP contribution in [0.5, 0.6) is 0 Å². The van der Waals surface area contributed by atoms with Crippen molar-refractivity contribution in [2.75, 3.05) is 0 Å². The number of carbonyl (C=O) groups is 1. The lowest BCUT2D eigenvalue weighted by Crippen LogP contribution is -2.43.